The van der Waals surface area contributed by atoms with Gasteiger partial charge >= 0.3 is 0 Å². The van der Waals surface area contributed by atoms with Gasteiger partial charge in [-0.25, -0.2) is 4.39 Å². The summed E-state index contributed by atoms with van der Waals surface area (Å²) >= 11 is 5.60. The number of rotatable bonds is 3. The highest BCUT2D eigenvalue weighted by Gasteiger charge is 2.08. The lowest BCUT2D eigenvalue weighted by atomic mass is 10.1. The van der Waals surface area contributed by atoms with Gasteiger partial charge in [0.15, 0.2) is 0 Å². The van der Waals surface area contributed by atoms with Gasteiger partial charge in [0.25, 0.3) is 0 Å². The molecule has 100 valence electrons. The molecule has 1 aromatic heterocycles. The minimum Gasteiger partial charge on any atom is -0.487 e. The predicted molar refractivity (Wildman–Crippen MR) is 73.9 cm³/mol. The molecular weight excluding hydrogens is 267 g/mol. The molecule has 0 saturated heterocycles. The number of pyridine rings is 1. The van der Waals surface area contributed by atoms with E-state index in [-0.39, 0.29) is 11.6 Å². The highest BCUT2D eigenvalue weighted by Crippen LogP contribution is 2.23. The first-order valence-corrected chi connectivity index (χ1v) is 6.15. The highest BCUT2D eigenvalue weighted by molar-refractivity contribution is 6.30. The van der Waals surface area contributed by atoms with E-state index in [9.17, 15) is 4.39 Å². The zero-order valence-corrected chi connectivity index (χ0v) is 11.5. The molecule has 19 heavy (non-hydrogen) atoms. The van der Waals surface area contributed by atoms with E-state index in [0.717, 1.165) is 16.8 Å². The number of aromatic nitrogens is 1. The summed E-state index contributed by atoms with van der Waals surface area (Å²) in [6.07, 6.45) is 1.70. The van der Waals surface area contributed by atoms with Gasteiger partial charge in [-0.05, 0) is 37.1 Å². The quantitative estimate of drug-likeness (QED) is 0.933. The van der Waals surface area contributed by atoms with E-state index in [0.29, 0.717) is 11.4 Å². The number of nitrogens with two attached hydrogens (primary N) is 1. The van der Waals surface area contributed by atoms with Crippen LogP contribution in [0.4, 0.5) is 10.1 Å². The Morgan fingerprint density at radius 3 is 2.79 bits per heavy atom. The Hall–Kier alpha value is -1.81. The second-order valence-corrected chi connectivity index (χ2v) is 4.70. The number of nitrogen functional groups attached to an aromatic ring is 1. The Morgan fingerprint density at radius 1 is 1.37 bits per heavy atom. The van der Waals surface area contributed by atoms with E-state index in [1.165, 1.54) is 12.1 Å². The Labute approximate surface area is 116 Å². The second-order valence-electron chi connectivity index (χ2n) is 4.29. The van der Waals surface area contributed by atoms with E-state index in [1.54, 1.807) is 12.3 Å². The Balaban J connectivity index is 2.14. The van der Waals surface area contributed by atoms with Crippen LogP contribution in [-0.4, -0.2) is 4.98 Å². The molecule has 5 heteroatoms. The number of anilines is 1. The zero-order valence-electron chi connectivity index (χ0n) is 10.7. The Kier molecular flexibility index (Phi) is 3.90. The number of nitrogens with zero attached hydrogens (tertiary/aromatic N) is 1. The summed E-state index contributed by atoms with van der Waals surface area (Å²) in [6.45, 7) is 4.02. The van der Waals surface area contributed by atoms with E-state index < -0.39 is 5.82 Å². The summed E-state index contributed by atoms with van der Waals surface area (Å²) in [5.74, 6) is -0.102. The third-order valence-electron chi connectivity index (χ3n) is 2.94. The first kappa shape index (κ1) is 13.6. The molecule has 0 aliphatic rings. The summed E-state index contributed by atoms with van der Waals surface area (Å²) in [5.41, 5.74) is 9.17. The third-order valence-corrected chi connectivity index (χ3v) is 3.25. The lowest BCUT2D eigenvalue weighted by Gasteiger charge is -2.11. The summed E-state index contributed by atoms with van der Waals surface area (Å²) < 4.78 is 18.7. The van der Waals surface area contributed by atoms with Crippen LogP contribution in [-0.2, 0) is 6.61 Å². The summed E-state index contributed by atoms with van der Waals surface area (Å²) in [6, 6.07) is 4.31. The van der Waals surface area contributed by atoms with Crippen LogP contribution in [0.3, 0.4) is 0 Å². The first-order chi connectivity index (χ1) is 8.99. The van der Waals surface area contributed by atoms with Crippen molar-refractivity contribution < 1.29 is 9.13 Å². The van der Waals surface area contributed by atoms with Gasteiger partial charge in [-0.15, -0.1) is 0 Å². The molecule has 0 aliphatic carbocycles. The van der Waals surface area contributed by atoms with Crippen LogP contribution in [0.2, 0.25) is 5.02 Å². The molecule has 3 nitrogen and oxygen atoms in total. The average molecular weight is 281 g/mol. The van der Waals surface area contributed by atoms with Gasteiger partial charge in [0, 0.05) is 18.0 Å². The molecule has 0 aliphatic heterocycles. The van der Waals surface area contributed by atoms with E-state index >= 15 is 0 Å². The van der Waals surface area contributed by atoms with Crippen LogP contribution in [0.1, 0.15) is 16.8 Å². The summed E-state index contributed by atoms with van der Waals surface area (Å²) in [7, 11) is 0. The number of hydrogen-bond donors (Lipinski definition) is 1. The molecule has 2 rings (SSSR count). The van der Waals surface area contributed by atoms with E-state index in [1.807, 2.05) is 13.8 Å². The fourth-order valence-electron chi connectivity index (χ4n) is 1.66. The van der Waals surface area contributed by atoms with Crippen molar-refractivity contribution in [2.75, 3.05) is 5.73 Å². The van der Waals surface area contributed by atoms with Crippen molar-refractivity contribution in [2.45, 2.75) is 20.5 Å². The van der Waals surface area contributed by atoms with Crippen molar-refractivity contribution in [2.24, 2.45) is 0 Å². The van der Waals surface area contributed by atoms with Gasteiger partial charge in [0.2, 0.25) is 0 Å². The van der Waals surface area contributed by atoms with Crippen molar-refractivity contribution in [3.05, 3.63) is 52.1 Å². The van der Waals surface area contributed by atoms with Gasteiger partial charge in [-0.1, -0.05) is 11.6 Å². The lowest BCUT2D eigenvalue weighted by molar-refractivity contribution is 0.299. The van der Waals surface area contributed by atoms with Gasteiger partial charge in [0.05, 0.1) is 10.7 Å². The molecule has 0 bridgehead atoms. The summed E-state index contributed by atoms with van der Waals surface area (Å²) in [5, 5.41) is 0.0706. The monoisotopic (exact) mass is 280 g/mol. The minimum atomic E-state index is -0.507. The Morgan fingerprint density at radius 2 is 2.11 bits per heavy atom. The standard InChI is InChI=1S/C14H14ClFN2O/c1-8-6-18-13(9(2)14(8)17)7-19-10-3-4-11(15)12(16)5-10/h3-6H,7H2,1-2H3,(H2,17,18). The van der Waals surface area contributed by atoms with Crippen LogP contribution in [0.25, 0.3) is 0 Å². The van der Waals surface area contributed by atoms with Crippen molar-refractivity contribution in [3.63, 3.8) is 0 Å². The van der Waals surface area contributed by atoms with Crippen LogP contribution >= 0.6 is 11.6 Å². The fraction of sp³-hybridized carbons (Fsp3) is 0.214. The first-order valence-electron chi connectivity index (χ1n) is 5.77. The topological polar surface area (TPSA) is 48.1 Å². The predicted octanol–water partition coefficient (Wildman–Crippen LogP) is 3.65. The highest BCUT2D eigenvalue weighted by atomic mass is 35.5. The van der Waals surface area contributed by atoms with Gasteiger partial charge in [-0.3, -0.25) is 4.98 Å². The number of hydrogen-bond acceptors (Lipinski definition) is 3. The maximum Gasteiger partial charge on any atom is 0.145 e. The number of halogens is 2. The van der Waals surface area contributed by atoms with Crippen molar-refractivity contribution in [3.8, 4) is 5.75 Å². The fourth-order valence-corrected chi connectivity index (χ4v) is 1.77. The van der Waals surface area contributed by atoms with Crippen LogP contribution in [0, 0.1) is 19.7 Å². The van der Waals surface area contributed by atoms with E-state index in [4.69, 9.17) is 22.1 Å². The van der Waals surface area contributed by atoms with Crippen molar-refractivity contribution >= 4 is 17.3 Å². The number of benzene rings is 1. The number of ether oxygens (including phenoxy) is 1. The molecule has 1 aromatic carbocycles. The molecule has 0 unspecified atom stereocenters. The van der Waals surface area contributed by atoms with Gasteiger partial charge in [0.1, 0.15) is 18.2 Å². The van der Waals surface area contributed by atoms with Gasteiger partial charge < -0.3 is 10.5 Å². The number of aryl methyl sites for hydroxylation is 1. The van der Waals surface area contributed by atoms with Crippen molar-refractivity contribution in [1.29, 1.82) is 0 Å². The Bertz CT molecular complexity index is 617. The van der Waals surface area contributed by atoms with Crippen molar-refractivity contribution in [1.82, 2.24) is 4.98 Å². The molecule has 0 spiro atoms. The third kappa shape index (κ3) is 2.96. The average Bonchev–Trinajstić information content (AvgIpc) is 2.39. The maximum absolute atomic E-state index is 13.3. The molecule has 0 saturated carbocycles. The molecule has 0 atom stereocenters. The molecule has 2 aromatic rings. The minimum absolute atomic E-state index is 0.0706. The maximum atomic E-state index is 13.3. The van der Waals surface area contributed by atoms with Gasteiger partial charge in [-0.2, -0.15) is 0 Å². The largest absolute Gasteiger partial charge is 0.487 e. The molecule has 1 heterocycles. The molecule has 0 amide bonds. The van der Waals surface area contributed by atoms with E-state index in [2.05, 4.69) is 4.98 Å². The van der Waals surface area contributed by atoms with Crippen LogP contribution in [0.15, 0.2) is 24.4 Å². The second kappa shape index (κ2) is 5.45. The molecule has 0 radical (unpaired) electrons. The molecular formula is C14H14ClFN2O. The SMILES string of the molecule is Cc1cnc(COc2ccc(Cl)c(F)c2)c(C)c1N. The smallest absolute Gasteiger partial charge is 0.145 e. The lowest BCUT2D eigenvalue weighted by Crippen LogP contribution is -2.05. The summed E-state index contributed by atoms with van der Waals surface area (Å²) in [4.78, 5) is 4.27. The van der Waals surface area contributed by atoms with Crippen LogP contribution in [0.5, 0.6) is 5.75 Å². The normalized spacial score (nSPS) is 10.5. The molecule has 2 N–H and O–H groups in total. The molecule has 0 fully saturated rings. The van der Waals surface area contributed by atoms with Crippen LogP contribution < -0.4 is 10.5 Å². The zero-order chi connectivity index (χ0) is 14.0.